The zero-order valence-corrected chi connectivity index (χ0v) is 9.29. The van der Waals surface area contributed by atoms with Crippen molar-refractivity contribution in [3.8, 4) is 11.3 Å². The van der Waals surface area contributed by atoms with E-state index in [1.165, 1.54) is 12.1 Å². The molecule has 0 radical (unpaired) electrons. The molecule has 0 amide bonds. The number of rotatable bonds is 2. The van der Waals surface area contributed by atoms with Gasteiger partial charge in [0.15, 0.2) is 0 Å². The molecule has 0 saturated carbocycles. The maximum Gasteiger partial charge on any atom is 0.263 e. The van der Waals surface area contributed by atoms with Crippen LogP contribution in [0.3, 0.4) is 0 Å². The van der Waals surface area contributed by atoms with E-state index in [9.17, 15) is 8.78 Å². The SMILES string of the molecule is FC(F)c1ccc(-c2cnc3ncccn23)cc1. The lowest BCUT2D eigenvalue weighted by molar-refractivity contribution is 0.151. The molecule has 3 nitrogen and oxygen atoms in total. The summed E-state index contributed by atoms with van der Waals surface area (Å²) in [5.41, 5.74) is 1.68. The van der Waals surface area contributed by atoms with Crippen molar-refractivity contribution >= 4 is 5.78 Å². The van der Waals surface area contributed by atoms with Gasteiger partial charge < -0.3 is 0 Å². The summed E-state index contributed by atoms with van der Waals surface area (Å²) < 4.78 is 26.8. The third-order valence-electron chi connectivity index (χ3n) is 2.75. The fourth-order valence-corrected chi connectivity index (χ4v) is 1.84. The molecule has 0 saturated heterocycles. The molecule has 90 valence electrons. The highest BCUT2D eigenvalue weighted by atomic mass is 19.3. The van der Waals surface area contributed by atoms with Gasteiger partial charge in [-0.2, -0.15) is 0 Å². The first-order valence-electron chi connectivity index (χ1n) is 5.42. The Morgan fingerprint density at radius 1 is 1.06 bits per heavy atom. The molecule has 0 unspecified atom stereocenters. The molecule has 2 aromatic heterocycles. The Kier molecular flexibility index (Phi) is 2.51. The summed E-state index contributed by atoms with van der Waals surface area (Å²) in [5.74, 6) is 0.588. The van der Waals surface area contributed by atoms with Gasteiger partial charge in [0.25, 0.3) is 6.43 Å². The van der Waals surface area contributed by atoms with Crippen LogP contribution in [0.15, 0.2) is 48.9 Å². The van der Waals surface area contributed by atoms with Crippen LogP contribution in [-0.2, 0) is 0 Å². The minimum Gasteiger partial charge on any atom is -0.284 e. The first-order chi connectivity index (χ1) is 8.75. The maximum atomic E-state index is 12.5. The summed E-state index contributed by atoms with van der Waals surface area (Å²) in [6.45, 7) is 0. The first-order valence-corrected chi connectivity index (χ1v) is 5.42. The van der Waals surface area contributed by atoms with Crippen LogP contribution >= 0.6 is 0 Å². The molecular formula is C13H9F2N3. The molecule has 0 aliphatic rings. The topological polar surface area (TPSA) is 30.2 Å². The second-order valence-corrected chi connectivity index (χ2v) is 3.86. The van der Waals surface area contributed by atoms with Crippen LogP contribution < -0.4 is 0 Å². The molecule has 1 aromatic carbocycles. The van der Waals surface area contributed by atoms with Gasteiger partial charge in [0.05, 0.1) is 11.9 Å². The van der Waals surface area contributed by atoms with Crippen molar-refractivity contribution in [3.05, 3.63) is 54.5 Å². The Morgan fingerprint density at radius 2 is 1.83 bits per heavy atom. The molecule has 0 aliphatic heterocycles. The molecule has 3 rings (SSSR count). The highest BCUT2D eigenvalue weighted by Gasteiger charge is 2.09. The van der Waals surface area contributed by atoms with Gasteiger partial charge in [-0.3, -0.25) is 4.40 Å². The number of halogens is 2. The predicted molar refractivity (Wildman–Crippen MR) is 63.4 cm³/mol. The van der Waals surface area contributed by atoms with Gasteiger partial charge in [0, 0.05) is 23.5 Å². The van der Waals surface area contributed by atoms with E-state index in [1.807, 2.05) is 10.6 Å². The summed E-state index contributed by atoms with van der Waals surface area (Å²) in [4.78, 5) is 8.26. The quantitative estimate of drug-likeness (QED) is 0.693. The van der Waals surface area contributed by atoms with Crippen LogP contribution in [0, 0.1) is 0 Å². The van der Waals surface area contributed by atoms with Gasteiger partial charge >= 0.3 is 0 Å². The number of hydrogen-bond donors (Lipinski definition) is 0. The zero-order valence-electron chi connectivity index (χ0n) is 9.29. The summed E-state index contributed by atoms with van der Waals surface area (Å²) in [5, 5.41) is 0. The van der Waals surface area contributed by atoms with Crippen molar-refractivity contribution in [2.24, 2.45) is 0 Å². The Bertz CT molecular complexity index is 674. The van der Waals surface area contributed by atoms with Gasteiger partial charge in [-0.25, -0.2) is 18.7 Å². The van der Waals surface area contributed by atoms with Gasteiger partial charge in [0.2, 0.25) is 5.78 Å². The molecule has 0 bridgehead atoms. The van der Waals surface area contributed by atoms with E-state index >= 15 is 0 Å². The van der Waals surface area contributed by atoms with Crippen LogP contribution in [0.25, 0.3) is 17.0 Å². The molecule has 0 N–H and O–H groups in total. The largest absolute Gasteiger partial charge is 0.284 e. The van der Waals surface area contributed by atoms with Crippen molar-refractivity contribution in [2.75, 3.05) is 0 Å². The van der Waals surface area contributed by atoms with Crippen LogP contribution in [0.4, 0.5) is 8.78 Å². The standard InChI is InChI=1S/C13H9F2N3/c14-12(15)10-4-2-9(3-5-10)11-8-17-13-16-6-1-7-18(11)13/h1-8,12H. The van der Waals surface area contributed by atoms with E-state index < -0.39 is 6.43 Å². The highest BCUT2D eigenvalue weighted by molar-refractivity contribution is 5.62. The van der Waals surface area contributed by atoms with E-state index in [2.05, 4.69) is 9.97 Å². The van der Waals surface area contributed by atoms with Crippen molar-refractivity contribution in [1.29, 1.82) is 0 Å². The van der Waals surface area contributed by atoms with Crippen molar-refractivity contribution < 1.29 is 8.78 Å². The summed E-state index contributed by atoms with van der Waals surface area (Å²) >= 11 is 0. The van der Waals surface area contributed by atoms with Crippen molar-refractivity contribution in [3.63, 3.8) is 0 Å². The van der Waals surface area contributed by atoms with Crippen molar-refractivity contribution in [2.45, 2.75) is 6.43 Å². The van der Waals surface area contributed by atoms with Gasteiger partial charge in [-0.05, 0) is 6.07 Å². The number of nitrogens with zero attached hydrogens (tertiary/aromatic N) is 3. The molecule has 18 heavy (non-hydrogen) atoms. The molecule has 3 aromatic rings. The minimum absolute atomic E-state index is 0.0192. The lowest BCUT2D eigenvalue weighted by atomic mass is 10.1. The maximum absolute atomic E-state index is 12.5. The fourth-order valence-electron chi connectivity index (χ4n) is 1.84. The molecular weight excluding hydrogens is 236 g/mol. The molecule has 0 atom stereocenters. The highest BCUT2D eigenvalue weighted by Crippen LogP contribution is 2.24. The second-order valence-electron chi connectivity index (χ2n) is 3.86. The van der Waals surface area contributed by atoms with Gasteiger partial charge in [-0.1, -0.05) is 24.3 Å². The van der Waals surface area contributed by atoms with E-state index in [0.717, 1.165) is 11.3 Å². The summed E-state index contributed by atoms with van der Waals surface area (Å²) in [6.07, 6.45) is 2.74. The van der Waals surface area contributed by atoms with Crippen LogP contribution in [0.2, 0.25) is 0 Å². The third kappa shape index (κ3) is 1.73. The number of fused-ring (bicyclic) bond motifs is 1. The Balaban J connectivity index is 2.09. The lowest BCUT2D eigenvalue weighted by Gasteiger charge is -2.03. The molecule has 0 spiro atoms. The number of aromatic nitrogens is 3. The summed E-state index contributed by atoms with van der Waals surface area (Å²) in [6, 6.07) is 7.98. The second kappa shape index (κ2) is 4.18. The van der Waals surface area contributed by atoms with Crippen LogP contribution in [0.1, 0.15) is 12.0 Å². The zero-order chi connectivity index (χ0) is 12.5. The normalized spacial score (nSPS) is 11.3. The molecule has 5 heteroatoms. The van der Waals surface area contributed by atoms with E-state index in [0.29, 0.717) is 5.78 Å². The molecule has 2 heterocycles. The predicted octanol–water partition coefficient (Wildman–Crippen LogP) is 3.33. The summed E-state index contributed by atoms with van der Waals surface area (Å²) in [7, 11) is 0. The van der Waals surface area contributed by atoms with Crippen molar-refractivity contribution in [1.82, 2.24) is 14.4 Å². The number of imidazole rings is 1. The average Bonchev–Trinajstić information content (AvgIpc) is 2.82. The average molecular weight is 245 g/mol. The molecule has 0 aliphatic carbocycles. The number of alkyl halides is 2. The number of benzene rings is 1. The first kappa shape index (κ1) is 10.8. The Morgan fingerprint density at radius 3 is 2.56 bits per heavy atom. The van der Waals surface area contributed by atoms with Crippen LogP contribution in [0.5, 0.6) is 0 Å². The monoisotopic (exact) mass is 245 g/mol. The fraction of sp³-hybridized carbons (Fsp3) is 0.0769. The van der Waals surface area contributed by atoms with E-state index in [4.69, 9.17) is 0 Å². The third-order valence-corrected chi connectivity index (χ3v) is 2.75. The Labute approximate surface area is 102 Å². The Hall–Kier alpha value is -2.30. The number of hydrogen-bond acceptors (Lipinski definition) is 2. The van der Waals surface area contributed by atoms with E-state index in [1.54, 1.807) is 30.6 Å². The van der Waals surface area contributed by atoms with E-state index in [-0.39, 0.29) is 5.56 Å². The van der Waals surface area contributed by atoms with Gasteiger partial charge in [0.1, 0.15) is 0 Å². The minimum atomic E-state index is -2.44. The van der Waals surface area contributed by atoms with Gasteiger partial charge in [-0.15, -0.1) is 0 Å². The van der Waals surface area contributed by atoms with Crippen LogP contribution in [-0.4, -0.2) is 14.4 Å². The molecule has 0 fully saturated rings. The smallest absolute Gasteiger partial charge is 0.263 e. The lowest BCUT2D eigenvalue weighted by Crippen LogP contribution is -1.90.